The van der Waals surface area contributed by atoms with Crippen LogP contribution in [0.25, 0.3) is 0 Å². The van der Waals surface area contributed by atoms with E-state index in [4.69, 9.17) is 11.6 Å². The predicted molar refractivity (Wildman–Crippen MR) is 61.7 cm³/mol. The molecule has 0 radical (unpaired) electrons. The molecular formula is C10H19ClOSi. The van der Waals surface area contributed by atoms with E-state index in [9.17, 15) is 5.11 Å². The number of aliphatic hydroxyl groups is 1. The summed E-state index contributed by atoms with van der Waals surface area (Å²) in [6, 6.07) is 0. The highest BCUT2D eigenvalue weighted by Gasteiger charge is 2.33. The van der Waals surface area contributed by atoms with Crippen LogP contribution in [0.2, 0.25) is 18.1 Å². The van der Waals surface area contributed by atoms with Gasteiger partial charge < -0.3 is 5.11 Å². The molecule has 0 saturated heterocycles. The third-order valence-electron chi connectivity index (χ3n) is 2.57. The van der Waals surface area contributed by atoms with Crippen LogP contribution in [0.3, 0.4) is 0 Å². The monoisotopic (exact) mass is 218 g/mol. The normalized spacial score (nSPS) is 14.7. The van der Waals surface area contributed by atoms with Crippen molar-refractivity contribution in [3.8, 4) is 11.5 Å². The zero-order valence-electron chi connectivity index (χ0n) is 9.11. The maximum atomic E-state index is 9.20. The molecule has 1 nitrogen and oxygen atoms in total. The van der Waals surface area contributed by atoms with Crippen molar-refractivity contribution in [1.82, 2.24) is 0 Å². The molecule has 13 heavy (non-hydrogen) atoms. The van der Waals surface area contributed by atoms with Gasteiger partial charge in [-0.3, -0.25) is 0 Å². The lowest BCUT2D eigenvalue weighted by atomic mass is 10.2. The maximum absolute atomic E-state index is 9.20. The molecule has 0 rings (SSSR count). The summed E-state index contributed by atoms with van der Waals surface area (Å²) in [6.45, 7) is 11.0. The van der Waals surface area contributed by atoms with Crippen LogP contribution >= 0.6 is 11.6 Å². The first-order valence-corrected chi connectivity index (χ1v) is 8.01. The third-order valence-corrected chi connectivity index (χ3v) is 7.38. The molecule has 0 aliphatic rings. The standard InChI is InChI=1S/C10H19ClOSi/c1-10(2,3)13(4,5)7-6-9(12)8-11/h9,12H,8H2,1-5H3/t9-/m0/s1. The van der Waals surface area contributed by atoms with Gasteiger partial charge in [0.1, 0.15) is 14.2 Å². The summed E-state index contributed by atoms with van der Waals surface area (Å²) in [5, 5.41) is 9.45. The van der Waals surface area contributed by atoms with Crippen LogP contribution in [0.1, 0.15) is 20.8 Å². The van der Waals surface area contributed by atoms with Gasteiger partial charge >= 0.3 is 0 Å². The molecule has 0 aromatic rings. The lowest BCUT2D eigenvalue weighted by molar-refractivity contribution is 0.256. The Kier molecular flexibility index (Phi) is 4.51. The molecule has 0 heterocycles. The summed E-state index contributed by atoms with van der Waals surface area (Å²) in [5.74, 6) is 3.01. The van der Waals surface area contributed by atoms with Crippen LogP contribution in [0.4, 0.5) is 0 Å². The lowest BCUT2D eigenvalue weighted by Gasteiger charge is -2.31. The van der Waals surface area contributed by atoms with Gasteiger partial charge in [0.25, 0.3) is 0 Å². The molecular weight excluding hydrogens is 200 g/mol. The van der Waals surface area contributed by atoms with Crippen LogP contribution in [0.15, 0.2) is 0 Å². The molecule has 0 aliphatic heterocycles. The van der Waals surface area contributed by atoms with Gasteiger partial charge in [-0.25, -0.2) is 0 Å². The van der Waals surface area contributed by atoms with Gasteiger partial charge in [-0.1, -0.05) is 39.8 Å². The molecule has 0 aromatic heterocycles. The lowest BCUT2D eigenvalue weighted by Crippen LogP contribution is -2.36. The fourth-order valence-corrected chi connectivity index (χ4v) is 1.47. The number of alkyl halides is 1. The first-order chi connectivity index (χ1) is 5.70. The molecule has 1 atom stereocenters. The van der Waals surface area contributed by atoms with E-state index in [1.165, 1.54) is 0 Å². The number of rotatable bonds is 1. The minimum atomic E-state index is -1.56. The zero-order chi connectivity index (χ0) is 10.7. The largest absolute Gasteiger partial charge is 0.379 e. The second-order valence-corrected chi connectivity index (χ2v) is 10.1. The SMILES string of the molecule is CC(C)(C)[Si](C)(C)C#C[C@H](O)CCl. The molecule has 0 spiro atoms. The van der Waals surface area contributed by atoms with Crippen LogP contribution in [-0.4, -0.2) is 25.2 Å². The fourth-order valence-electron chi connectivity index (χ4n) is 0.490. The molecule has 0 fully saturated rings. The van der Waals surface area contributed by atoms with E-state index in [2.05, 4.69) is 45.3 Å². The second-order valence-electron chi connectivity index (χ2n) is 4.81. The van der Waals surface area contributed by atoms with E-state index >= 15 is 0 Å². The number of hydrogen-bond donors (Lipinski definition) is 1. The van der Waals surface area contributed by atoms with E-state index < -0.39 is 14.2 Å². The quantitative estimate of drug-likeness (QED) is 0.408. The van der Waals surface area contributed by atoms with Crippen molar-refractivity contribution in [2.45, 2.75) is 45.0 Å². The van der Waals surface area contributed by atoms with Gasteiger partial charge in [-0.2, -0.15) is 0 Å². The smallest absolute Gasteiger partial charge is 0.137 e. The summed E-state index contributed by atoms with van der Waals surface area (Å²) in [7, 11) is -1.56. The predicted octanol–water partition coefficient (Wildman–Crippen LogP) is 2.64. The molecule has 0 unspecified atom stereocenters. The van der Waals surface area contributed by atoms with E-state index in [0.29, 0.717) is 0 Å². The summed E-state index contributed by atoms with van der Waals surface area (Å²) in [4.78, 5) is 0. The molecule has 76 valence electrons. The van der Waals surface area contributed by atoms with Gasteiger partial charge in [0.2, 0.25) is 0 Å². The van der Waals surface area contributed by atoms with E-state index in [0.717, 1.165) is 0 Å². The number of hydrogen-bond acceptors (Lipinski definition) is 1. The van der Waals surface area contributed by atoms with Crippen molar-refractivity contribution in [3.63, 3.8) is 0 Å². The van der Waals surface area contributed by atoms with Crippen LogP contribution in [0, 0.1) is 11.5 Å². The Hall–Kier alpha value is 0.0269. The van der Waals surface area contributed by atoms with Gasteiger partial charge in [0, 0.05) is 0 Å². The Bertz CT molecular complexity index is 219. The van der Waals surface area contributed by atoms with E-state index in [1.807, 2.05) is 0 Å². The summed E-state index contributed by atoms with van der Waals surface area (Å²) < 4.78 is 0. The van der Waals surface area contributed by atoms with Crippen molar-refractivity contribution in [2.24, 2.45) is 0 Å². The zero-order valence-corrected chi connectivity index (χ0v) is 10.9. The van der Waals surface area contributed by atoms with Crippen molar-refractivity contribution >= 4 is 19.7 Å². The van der Waals surface area contributed by atoms with Crippen molar-refractivity contribution < 1.29 is 5.11 Å². The molecule has 1 N–H and O–H groups in total. The van der Waals surface area contributed by atoms with Gasteiger partial charge in [-0.05, 0) is 5.04 Å². The van der Waals surface area contributed by atoms with Crippen LogP contribution < -0.4 is 0 Å². The molecule has 0 aliphatic carbocycles. The van der Waals surface area contributed by atoms with Crippen molar-refractivity contribution in [3.05, 3.63) is 0 Å². The fraction of sp³-hybridized carbons (Fsp3) is 0.800. The minimum Gasteiger partial charge on any atom is -0.379 e. The number of aliphatic hydroxyl groups excluding tert-OH is 1. The first kappa shape index (κ1) is 13.0. The van der Waals surface area contributed by atoms with E-state index in [-0.39, 0.29) is 10.9 Å². The second kappa shape index (κ2) is 4.50. The van der Waals surface area contributed by atoms with E-state index in [1.54, 1.807) is 0 Å². The Morgan fingerprint density at radius 2 is 1.85 bits per heavy atom. The molecule has 0 aromatic carbocycles. The van der Waals surface area contributed by atoms with Gasteiger partial charge in [-0.15, -0.1) is 17.1 Å². The minimum absolute atomic E-state index is 0.196. The van der Waals surface area contributed by atoms with Gasteiger partial charge in [0.15, 0.2) is 0 Å². The summed E-state index contributed by atoms with van der Waals surface area (Å²) in [5.41, 5.74) is 3.20. The van der Waals surface area contributed by atoms with Crippen molar-refractivity contribution in [1.29, 1.82) is 0 Å². The maximum Gasteiger partial charge on any atom is 0.137 e. The Balaban J connectivity index is 4.56. The highest BCUT2D eigenvalue weighted by atomic mass is 35.5. The van der Waals surface area contributed by atoms with Crippen LogP contribution in [0.5, 0.6) is 0 Å². The molecule has 0 bridgehead atoms. The third kappa shape index (κ3) is 4.17. The first-order valence-electron chi connectivity index (χ1n) is 4.47. The summed E-state index contributed by atoms with van der Waals surface area (Å²) in [6.07, 6.45) is -0.671. The topological polar surface area (TPSA) is 20.2 Å². The highest BCUT2D eigenvalue weighted by molar-refractivity contribution is 6.87. The Morgan fingerprint density at radius 1 is 1.38 bits per heavy atom. The van der Waals surface area contributed by atoms with Crippen molar-refractivity contribution in [2.75, 3.05) is 5.88 Å². The number of halogens is 1. The van der Waals surface area contributed by atoms with Crippen LogP contribution in [-0.2, 0) is 0 Å². The average molecular weight is 219 g/mol. The van der Waals surface area contributed by atoms with Gasteiger partial charge in [0.05, 0.1) is 5.88 Å². The molecule has 0 amide bonds. The Morgan fingerprint density at radius 3 is 2.15 bits per heavy atom. The molecule has 3 heteroatoms. The average Bonchev–Trinajstić information content (AvgIpc) is 1.98. The summed E-state index contributed by atoms with van der Waals surface area (Å²) >= 11 is 5.46. The highest BCUT2D eigenvalue weighted by Crippen LogP contribution is 2.35. The Labute approximate surface area is 87.5 Å². The molecule has 0 saturated carbocycles.